The molecule has 1 unspecified atom stereocenters. The summed E-state index contributed by atoms with van der Waals surface area (Å²) >= 11 is 3.53. The molecule has 86 valence electrons. The zero-order valence-electron chi connectivity index (χ0n) is 9.25. The van der Waals surface area contributed by atoms with Gasteiger partial charge in [0, 0.05) is 24.3 Å². The molecule has 1 aliphatic carbocycles. The highest BCUT2D eigenvalue weighted by atomic mass is 79.9. The first-order valence-electron chi connectivity index (χ1n) is 6.16. The van der Waals surface area contributed by atoms with Crippen LogP contribution in [0.2, 0.25) is 0 Å². The minimum atomic E-state index is 0.360. The van der Waals surface area contributed by atoms with Gasteiger partial charge in [-0.15, -0.1) is 0 Å². The first-order valence-corrected chi connectivity index (χ1v) is 7.28. The van der Waals surface area contributed by atoms with E-state index >= 15 is 0 Å². The number of amides is 1. The average molecular weight is 274 g/mol. The number of likely N-dealkylation sites (tertiary alicyclic amines) is 1. The summed E-state index contributed by atoms with van der Waals surface area (Å²) in [5, 5.41) is 1.04. The van der Waals surface area contributed by atoms with Crippen LogP contribution in [0.4, 0.5) is 0 Å². The third-order valence-corrected chi connectivity index (χ3v) is 4.67. The van der Waals surface area contributed by atoms with E-state index in [9.17, 15) is 4.79 Å². The van der Waals surface area contributed by atoms with Crippen molar-refractivity contribution in [3.8, 4) is 0 Å². The van der Waals surface area contributed by atoms with Crippen LogP contribution in [0.3, 0.4) is 0 Å². The first kappa shape index (κ1) is 11.4. The Hall–Kier alpha value is -0.0500. The molecular weight excluding hydrogens is 254 g/mol. The number of carbonyl (C=O) groups excluding carboxylic acids is 1. The van der Waals surface area contributed by atoms with Gasteiger partial charge in [-0.1, -0.05) is 28.8 Å². The zero-order valence-corrected chi connectivity index (χ0v) is 10.8. The lowest BCUT2D eigenvalue weighted by molar-refractivity contribution is -0.137. The highest BCUT2D eigenvalue weighted by Crippen LogP contribution is 2.28. The fraction of sp³-hybridized carbons (Fsp3) is 0.917. The summed E-state index contributed by atoms with van der Waals surface area (Å²) in [5.74, 6) is 1.49. The van der Waals surface area contributed by atoms with Crippen LogP contribution in [0.5, 0.6) is 0 Å². The molecule has 3 heteroatoms. The Bertz CT molecular complexity index is 226. The predicted octanol–water partition coefficient (Wildman–Crippen LogP) is 2.81. The first-order chi connectivity index (χ1) is 7.31. The maximum absolute atomic E-state index is 12.2. The molecule has 1 aliphatic heterocycles. The average Bonchev–Trinajstić information content (AvgIpc) is 2.81. The van der Waals surface area contributed by atoms with Crippen molar-refractivity contribution in [2.45, 2.75) is 38.5 Å². The van der Waals surface area contributed by atoms with Crippen molar-refractivity contribution < 1.29 is 4.79 Å². The number of halogens is 1. The fourth-order valence-corrected chi connectivity index (χ4v) is 3.35. The Balaban J connectivity index is 1.88. The topological polar surface area (TPSA) is 20.3 Å². The number of rotatable bonds is 2. The van der Waals surface area contributed by atoms with E-state index in [1.807, 2.05) is 0 Å². The highest BCUT2D eigenvalue weighted by molar-refractivity contribution is 9.09. The van der Waals surface area contributed by atoms with Crippen molar-refractivity contribution in [1.29, 1.82) is 0 Å². The van der Waals surface area contributed by atoms with Crippen LogP contribution >= 0.6 is 15.9 Å². The SMILES string of the molecule is O=C(C1CCCC1)N1CCCC(CBr)C1. The fourth-order valence-electron chi connectivity index (χ4n) is 2.82. The number of nitrogens with zero attached hydrogens (tertiary/aromatic N) is 1. The van der Waals surface area contributed by atoms with Crippen molar-refractivity contribution in [3.63, 3.8) is 0 Å². The summed E-state index contributed by atoms with van der Waals surface area (Å²) < 4.78 is 0. The molecule has 0 radical (unpaired) electrons. The van der Waals surface area contributed by atoms with Crippen molar-refractivity contribution in [3.05, 3.63) is 0 Å². The van der Waals surface area contributed by atoms with Crippen LogP contribution in [0.25, 0.3) is 0 Å². The van der Waals surface area contributed by atoms with Crippen molar-refractivity contribution >= 4 is 21.8 Å². The van der Waals surface area contributed by atoms with Gasteiger partial charge in [0.2, 0.25) is 5.91 Å². The molecule has 0 N–H and O–H groups in total. The summed E-state index contributed by atoms with van der Waals surface area (Å²) in [4.78, 5) is 14.3. The third kappa shape index (κ3) is 2.74. The molecule has 2 fully saturated rings. The van der Waals surface area contributed by atoms with Gasteiger partial charge in [-0.3, -0.25) is 4.79 Å². The minimum Gasteiger partial charge on any atom is -0.342 e. The minimum absolute atomic E-state index is 0.360. The molecule has 2 rings (SSSR count). The van der Waals surface area contributed by atoms with E-state index in [0.717, 1.165) is 31.3 Å². The Labute approximate surface area is 101 Å². The van der Waals surface area contributed by atoms with E-state index in [1.165, 1.54) is 25.7 Å². The van der Waals surface area contributed by atoms with Crippen molar-refractivity contribution in [2.75, 3.05) is 18.4 Å². The third-order valence-electron chi connectivity index (χ3n) is 3.75. The molecule has 15 heavy (non-hydrogen) atoms. The smallest absolute Gasteiger partial charge is 0.225 e. The molecule has 1 saturated heterocycles. The van der Waals surface area contributed by atoms with E-state index in [1.54, 1.807) is 0 Å². The molecule has 0 aromatic rings. The van der Waals surface area contributed by atoms with Crippen LogP contribution in [0.15, 0.2) is 0 Å². The summed E-state index contributed by atoms with van der Waals surface area (Å²) in [6.45, 7) is 1.99. The van der Waals surface area contributed by atoms with Crippen LogP contribution in [0, 0.1) is 11.8 Å². The van der Waals surface area contributed by atoms with Gasteiger partial charge in [0.15, 0.2) is 0 Å². The highest BCUT2D eigenvalue weighted by Gasteiger charge is 2.30. The Morgan fingerprint density at radius 3 is 2.60 bits per heavy atom. The van der Waals surface area contributed by atoms with Crippen LogP contribution in [0.1, 0.15) is 38.5 Å². The maximum atomic E-state index is 12.2. The predicted molar refractivity (Wildman–Crippen MR) is 65.1 cm³/mol. The molecule has 1 amide bonds. The lowest BCUT2D eigenvalue weighted by atomic mass is 9.98. The molecule has 1 heterocycles. The molecule has 1 atom stereocenters. The second kappa shape index (κ2) is 5.33. The van der Waals surface area contributed by atoms with E-state index in [4.69, 9.17) is 0 Å². The second-order valence-electron chi connectivity index (χ2n) is 4.93. The largest absolute Gasteiger partial charge is 0.342 e. The second-order valence-corrected chi connectivity index (χ2v) is 5.58. The summed E-state index contributed by atoms with van der Waals surface area (Å²) in [7, 11) is 0. The van der Waals surface area contributed by atoms with E-state index < -0.39 is 0 Å². The molecule has 1 saturated carbocycles. The maximum Gasteiger partial charge on any atom is 0.225 e. The number of hydrogen-bond acceptors (Lipinski definition) is 1. The summed E-state index contributed by atoms with van der Waals surface area (Å²) in [6, 6.07) is 0. The number of piperidine rings is 1. The van der Waals surface area contributed by atoms with Crippen molar-refractivity contribution in [2.24, 2.45) is 11.8 Å². The Morgan fingerprint density at radius 2 is 1.93 bits per heavy atom. The normalized spacial score (nSPS) is 28.3. The van der Waals surface area contributed by atoms with Gasteiger partial charge >= 0.3 is 0 Å². The molecule has 0 spiro atoms. The van der Waals surface area contributed by atoms with Gasteiger partial charge in [-0.25, -0.2) is 0 Å². The van der Waals surface area contributed by atoms with Gasteiger partial charge in [-0.2, -0.15) is 0 Å². The van der Waals surface area contributed by atoms with E-state index in [2.05, 4.69) is 20.8 Å². The van der Waals surface area contributed by atoms with Gasteiger partial charge in [0.25, 0.3) is 0 Å². The van der Waals surface area contributed by atoms with E-state index in [0.29, 0.717) is 17.7 Å². The molecular formula is C12H20BrNO. The van der Waals surface area contributed by atoms with Crippen LogP contribution in [-0.2, 0) is 4.79 Å². The number of alkyl halides is 1. The number of hydrogen-bond donors (Lipinski definition) is 0. The number of carbonyl (C=O) groups is 1. The molecule has 0 bridgehead atoms. The van der Waals surface area contributed by atoms with Crippen LogP contribution in [-0.4, -0.2) is 29.2 Å². The van der Waals surface area contributed by atoms with Gasteiger partial charge < -0.3 is 4.90 Å². The summed E-state index contributed by atoms with van der Waals surface area (Å²) in [5.41, 5.74) is 0. The molecule has 0 aromatic heterocycles. The molecule has 2 aliphatic rings. The standard InChI is InChI=1S/C12H20BrNO/c13-8-10-4-3-7-14(9-10)12(15)11-5-1-2-6-11/h10-11H,1-9H2. The summed E-state index contributed by atoms with van der Waals surface area (Å²) in [6.07, 6.45) is 7.25. The Kier molecular flexibility index (Phi) is 4.06. The lowest BCUT2D eigenvalue weighted by Crippen LogP contribution is -2.42. The van der Waals surface area contributed by atoms with Gasteiger partial charge in [0.05, 0.1) is 0 Å². The zero-order chi connectivity index (χ0) is 10.7. The van der Waals surface area contributed by atoms with E-state index in [-0.39, 0.29) is 0 Å². The monoisotopic (exact) mass is 273 g/mol. The molecule has 2 nitrogen and oxygen atoms in total. The van der Waals surface area contributed by atoms with Gasteiger partial charge in [-0.05, 0) is 31.6 Å². The lowest BCUT2D eigenvalue weighted by Gasteiger charge is -2.33. The quantitative estimate of drug-likeness (QED) is 0.709. The molecule has 0 aromatic carbocycles. The van der Waals surface area contributed by atoms with Gasteiger partial charge in [0.1, 0.15) is 0 Å². The Morgan fingerprint density at radius 1 is 1.20 bits per heavy atom. The van der Waals surface area contributed by atoms with Crippen molar-refractivity contribution in [1.82, 2.24) is 4.90 Å². The van der Waals surface area contributed by atoms with Crippen LogP contribution < -0.4 is 0 Å².